The highest BCUT2D eigenvalue weighted by Gasteiger charge is 2.63. The first kappa shape index (κ1) is 41.9. The SMILES string of the molecule is C=CC1C[C@]1(NC(=O)[C@@H]1C[C@@H](Oc2cc(-c3ccccc3)nc3cc(OC)ccc23)CN1C(=O)[C@@H](NC(=O)OC(C)(C)C)C(C)(C)C)C(=O)NS(=O)(=O)C1(Br)CC1. The molecule has 6 rings (SSSR count). The Balaban J connectivity index is 1.35. The van der Waals surface area contributed by atoms with Crippen molar-refractivity contribution in [1.29, 1.82) is 0 Å². The summed E-state index contributed by atoms with van der Waals surface area (Å²) in [5.74, 6) is -1.66. The molecule has 4 amide bonds. The fourth-order valence-corrected chi connectivity index (χ4v) is 8.65. The third-order valence-electron chi connectivity index (χ3n) is 10.4. The van der Waals surface area contributed by atoms with Crippen molar-refractivity contribution in [3.63, 3.8) is 0 Å². The van der Waals surface area contributed by atoms with Gasteiger partial charge >= 0.3 is 6.09 Å². The van der Waals surface area contributed by atoms with Gasteiger partial charge in [0, 0.05) is 35.4 Å². The van der Waals surface area contributed by atoms with E-state index in [1.807, 2.05) is 36.4 Å². The average molecular weight is 869 g/mol. The van der Waals surface area contributed by atoms with Crippen LogP contribution in [0.1, 0.15) is 67.2 Å². The number of pyridine rings is 1. The van der Waals surface area contributed by atoms with Gasteiger partial charge in [-0.15, -0.1) is 6.58 Å². The summed E-state index contributed by atoms with van der Waals surface area (Å²) in [6, 6.07) is 14.4. The average Bonchev–Trinajstić information content (AvgIpc) is 4.02. The van der Waals surface area contributed by atoms with Crippen molar-refractivity contribution in [2.45, 2.75) is 100 Å². The van der Waals surface area contributed by atoms with E-state index in [4.69, 9.17) is 19.2 Å². The number of halogens is 1. The minimum atomic E-state index is -4.10. The number of hydrogen-bond acceptors (Lipinski definition) is 10. The molecule has 1 unspecified atom stereocenters. The van der Waals surface area contributed by atoms with Crippen LogP contribution >= 0.6 is 15.9 Å². The van der Waals surface area contributed by atoms with Crippen LogP contribution in [-0.4, -0.2) is 88.8 Å². The Morgan fingerprint density at radius 2 is 1.72 bits per heavy atom. The van der Waals surface area contributed by atoms with Gasteiger partial charge in [-0.1, -0.05) is 73.1 Å². The fraction of sp³-hybridized carbons (Fsp3) is 0.488. The summed E-state index contributed by atoms with van der Waals surface area (Å²) < 4.78 is 44.7. The molecule has 2 aromatic carbocycles. The number of carbonyl (C=O) groups is 4. The largest absolute Gasteiger partial charge is 0.497 e. The summed E-state index contributed by atoms with van der Waals surface area (Å²) in [4.78, 5) is 62.2. The number of nitrogens with zero attached hydrogens (tertiary/aromatic N) is 2. The highest BCUT2D eigenvalue weighted by atomic mass is 79.9. The third kappa shape index (κ3) is 8.91. The van der Waals surface area contributed by atoms with Gasteiger partial charge in [-0.3, -0.25) is 14.4 Å². The van der Waals surface area contributed by atoms with Crippen molar-refractivity contribution >= 4 is 60.7 Å². The Hall–Kier alpha value is -4.70. The molecule has 0 bridgehead atoms. The van der Waals surface area contributed by atoms with Crippen LogP contribution in [0, 0.1) is 11.3 Å². The van der Waals surface area contributed by atoms with Crippen molar-refractivity contribution in [2.24, 2.45) is 11.3 Å². The molecule has 2 saturated carbocycles. The predicted octanol–water partition coefficient (Wildman–Crippen LogP) is 5.59. The topological polar surface area (TPSA) is 182 Å². The fourth-order valence-electron chi connectivity index (χ4n) is 6.96. The van der Waals surface area contributed by atoms with Gasteiger partial charge in [-0.05, 0) is 57.6 Å². The van der Waals surface area contributed by atoms with E-state index >= 15 is 0 Å². The molecular formula is C41H50BrN5O9S. The van der Waals surface area contributed by atoms with E-state index in [9.17, 15) is 27.6 Å². The summed E-state index contributed by atoms with van der Waals surface area (Å²) >= 11 is 3.21. The number of amides is 4. The zero-order valence-corrected chi connectivity index (χ0v) is 35.6. The molecular weight excluding hydrogens is 818 g/mol. The third-order valence-corrected chi connectivity index (χ3v) is 14.3. The molecule has 1 saturated heterocycles. The lowest BCUT2D eigenvalue weighted by Gasteiger charge is -2.36. The van der Waals surface area contributed by atoms with Crippen molar-refractivity contribution in [2.75, 3.05) is 13.7 Å². The standard InChI is InChI=1S/C41H50BrN5O9S/c1-9-25-22-41(25,36(50)46-57(52,53)40(42)17-18-40)45-34(48)31-20-27(23-47(31)35(49)33(38(2,3)4)44-37(51)56-39(5,6)7)55-32-21-29(24-13-11-10-12-14-24)43-30-19-26(54-8)15-16-28(30)32/h9-16,19,21,25,27,31,33H,1,17-18,20,22-23H2,2-8H3,(H,44,51)(H,45,48)(H,46,50)/t25?,27-,31+,33-,41-/m1/s1. The van der Waals surface area contributed by atoms with Gasteiger partial charge in [0.25, 0.3) is 15.9 Å². The van der Waals surface area contributed by atoms with Crippen LogP contribution in [0.3, 0.4) is 0 Å². The molecule has 3 aromatic rings. The molecule has 1 aromatic heterocycles. The maximum atomic E-state index is 14.7. The number of methoxy groups -OCH3 is 1. The predicted molar refractivity (Wildman–Crippen MR) is 218 cm³/mol. The molecule has 3 aliphatic rings. The van der Waals surface area contributed by atoms with Crippen LogP contribution in [0.15, 0.2) is 67.3 Å². The number of carbonyl (C=O) groups excluding carboxylic acids is 4. The number of rotatable bonds is 12. The number of fused-ring (bicyclic) bond motifs is 1. The normalized spacial score (nSPS) is 23.2. The number of alkyl carbamates (subject to hydrolysis) is 1. The Morgan fingerprint density at radius 3 is 2.30 bits per heavy atom. The zero-order valence-electron chi connectivity index (χ0n) is 33.2. The van der Waals surface area contributed by atoms with Gasteiger partial charge in [-0.25, -0.2) is 22.9 Å². The lowest BCUT2D eigenvalue weighted by molar-refractivity contribution is -0.143. The number of sulfonamides is 1. The van der Waals surface area contributed by atoms with E-state index < -0.39 is 78.2 Å². The van der Waals surface area contributed by atoms with Gasteiger partial charge in [-0.2, -0.15) is 0 Å². The molecule has 0 radical (unpaired) electrons. The number of benzene rings is 2. The van der Waals surface area contributed by atoms with E-state index in [1.165, 1.54) is 11.0 Å². The minimum Gasteiger partial charge on any atom is -0.497 e. The van der Waals surface area contributed by atoms with Gasteiger partial charge in [0.2, 0.25) is 11.8 Å². The molecule has 14 nitrogen and oxygen atoms in total. The Bertz CT molecular complexity index is 2200. The van der Waals surface area contributed by atoms with Crippen LogP contribution in [-0.2, 0) is 29.1 Å². The maximum absolute atomic E-state index is 14.7. The van der Waals surface area contributed by atoms with Crippen molar-refractivity contribution in [1.82, 2.24) is 25.2 Å². The Kier molecular flexibility index (Phi) is 11.2. The molecule has 2 heterocycles. The summed E-state index contributed by atoms with van der Waals surface area (Å²) in [6.07, 6.45) is 0.718. The van der Waals surface area contributed by atoms with E-state index in [0.29, 0.717) is 40.9 Å². The van der Waals surface area contributed by atoms with Crippen LogP contribution in [0.4, 0.5) is 4.79 Å². The van der Waals surface area contributed by atoms with E-state index in [2.05, 4.69) is 37.9 Å². The highest BCUT2D eigenvalue weighted by molar-refractivity contribution is 9.11. The van der Waals surface area contributed by atoms with Gasteiger partial charge < -0.3 is 29.7 Å². The van der Waals surface area contributed by atoms with E-state index in [-0.39, 0.29) is 19.4 Å². The van der Waals surface area contributed by atoms with Gasteiger partial charge in [0.15, 0.2) is 0 Å². The quantitative estimate of drug-likeness (QED) is 0.153. The summed E-state index contributed by atoms with van der Waals surface area (Å²) in [6.45, 7) is 14.2. The van der Waals surface area contributed by atoms with Crippen LogP contribution in [0.2, 0.25) is 0 Å². The lowest BCUT2D eigenvalue weighted by atomic mass is 9.85. The molecule has 0 spiro atoms. The van der Waals surface area contributed by atoms with Crippen molar-refractivity contribution < 1.29 is 41.8 Å². The summed E-state index contributed by atoms with van der Waals surface area (Å²) in [7, 11) is -2.54. The zero-order chi connectivity index (χ0) is 41.7. The second kappa shape index (κ2) is 15.2. The monoisotopic (exact) mass is 867 g/mol. The second-order valence-corrected chi connectivity index (χ2v) is 21.0. The van der Waals surface area contributed by atoms with E-state index in [1.54, 1.807) is 66.9 Å². The minimum absolute atomic E-state index is 0.000773. The Labute approximate surface area is 341 Å². The number of likely N-dealkylation sites (tertiary alicyclic amines) is 1. The number of aromatic nitrogens is 1. The molecule has 5 atom stereocenters. The number of ether oxygens (including phenoxy) is 3. The second-order valence-electron chi connectivity index (χ2n) is 17.0. The molecule has 1 aliphatic heterocycles. The molecule has 2 aliphatic carbocycles. The van der Waals surface area contributed by atoms with Crippen molar-refractivity contribution in [3.05, 3.63) is 67.3 Å². The Morgan fingerprint density at radius 1 is 1.04 bits per heavy atom. The number of alkyl halides is 1. The summed E-state index contributed by atoms with van der Waals surface area (Å²) in [5, 5.41) is 6.20. The first-order valence-corrected chi connectivity index (χ1v) is 21.1. The van der Waals surface area contributed by atoms with Crippen LogP contribution in [0.5, 0.6) is 11.5 Å². The summed E-state index contributed by atoms with van der Waals surface area (Å²) in [5.41, 5.74) is -1.22. The van der Waals surface area contributed by atoms with Crippen LogP contribution < -0.4 is 24.8 Å². The van der Waals surface area contributed by atoms with Crippen LogP contribution in [0.25, 0.3) is 22.2 Å². The lowest BCUT2D eigenvalue weighted by Crippen LogP contribution is -2.60. The van der Waals surface area contributed by atoms with E-state index in [0.717, 1.165) is 5.56 Å². The molecule has 16 heteroatoms. The van der Waals surface area contributed by atoms with Gasteiger partial charge in [0.05, 0.1) is 24.9 Å². The number of hydrogen-bond donors (Lipinski definition) is 3. The molecule has 57 heavy (non-hydrogen) atoms. The molecule has 3 fully saturated rings. The first-order valence-electron chi connectivity index (χ1n) is 18.8. The maximum Gasteiger partial charge on any atom is 0.408 e. The molecule has 306 valence electrons. The van der Waals surface area contributed by atoms with Crippen molar-refractivity contribution in [3.8, 4) is 22.8 Å². The first-order chi connectivity index (χ1) is 26.6. The molecule has 3 N–H and O–H groups in total. The number of nitrogens with one attached hydrogen (secondary N) is 3. The smallest absolute Gasteiger partial charge is 0.408 e. The highest BCUT2D eigenvalue weighted by Crippen LogP contribution is 2.50. The van der Waals surface area contributed by atoms with Gasteiger partial charge in [0.1, 0.15) is 44.5 Å².